The lowest BCUT2D eigenvalue weighted by molar-refractivity contribution is 0.241. The van der Waals surface area contributed by atoms with Crippen molar-refractivity contribution in [2.45, 2.75) is 44.7 Å². The van der Waals surface area contributed by atoms with E-state index in [1.165, 1.54) is 19.1 Å². The van der Waals surface area contributed by atoms with Gasteiger partial charge in [0, 0.05) is 13.1 Å². The predicted molar refractivity (Wildman–Crippen MR) is 70.9 cm³/mol. The van der Waals surface area contributed by atoms with Gasteiger partial charge in [-0.2, -0.15) is 4.31 Å². The highest BCUT2D eigenvalue weighted by Crippen LogP contribution is 2.34. The van der Waals surface area contributed by atoms with E-state index >= 15 is 0 Å². The average molecular weight is 284 g/mol. The first-order valence-electron chi connectivity index (χ1n) is 6.90. The van der Waals surface area contributed by atoms with Crippen molar-refractivity contribution in [3.8, 4) is 0 Å². The van der Waals surface area contributed by atoms with Crippen LogP contribution in [0.25, 0.3) is 0 Å². The molecule has 1 aromatic rings. The van der Waals surface area contributed by atoms with E-state index < -0.39 is 10.0 Å². The summed E-state index contributed by atoms with van der Waals surface area (Å²) in [6, 6.07) is -0.134. The number of rotatable bonds is 4. The van der Waals surface area contributed by atoms with Crippen LogP contribution in [0.5, 0.6) is 0 Å². The van der Waals surface area contributed by atoms with Crippen LogP contribution in [0.4, 0.5) is 0 Å². The molecule has 2 heterocycles. The molecule has 1 saturated heterocycles. The van der Waals surface area contributed by atoms with Gasteiger partial charge < -0.3 is 4.57 Å². The second-order valence-electron chi connectivity index (χ2n) is 5.67. The zero-order chi connectivity index (χ0) is 13.5. The van der Waals surface area contributed by atoms with Gasteiger partial charge in [0.1, 0.15) is 6.33 Å². The highest BCUT2D eigenvalue weighted by atomic mass is 32.2. The molecule has 106 valence electrons. The van der Waals surface area contributed by atoms with Crippen molar-refractivity contribution >= 4 is 10.0 Å². The Hall–Kier alpha value is -0.950. The molecule has 7 heteroatoms. The predicted octanol–water partition coefficient (Wildman–Crippen LogP) is 1.17. The molecule has 3 rings (SSSR count). The standard InChI is InChI=1S/C12H20N4O2S/c1-19(17,18)16-7-3-2-4-11(16)12-14-13-9-15(12)8-10-5-6-10/h9-11H,2-8H2,1H3. The van der Waals surface area contributed by atoms with E-state index in [4.69, 9.17) is 0 Å². The molecule has 1 unspecified atom stereocenters. The van der Waals surface area contributed by atoms with Crippen LogP contribution < -0.4 is 0 Å². The summed E-state index contributed by atoms with van der Waals surface area (Å²) in [5.74, 6) is 1.54. The highest BCUT2D eigenvalue weighted by Gasteiger charge is 2.34. The lowest BCUT2D eigenvalue weighted by atomic mass is 10.0. The largest absolute Gasteiger partial charge is 0.316 e. The summed E-state index contributed by atoms with van der Waals surface area (Å²) >= 11 is 0. The number of hydrogen-bond acceptors (Lipinski definition) is 4. The molecular formula is C12H20N4O2S. The minimum absolute atomic E-state index is 0.134. The summed E-state index contributed by atoms with van der Waals surface area (Å²) in [7, 11) is -3.18. The molecule has 0 bridgehead atoms. The minimum Gasteiger partial charge on any atom is -0.316 e. The van der Waals surface area contributed by atoms with Gasteiger partial charge in [-0.15, -0.1) is 10.2 Å². The summed E-state index contributed by atoms with van der Waals surface area (Å²) in [6.45, 7) is 1.52. The van der Waals surface area contributed by atoms with E-state index in [-0.39, 0.29) is 6.04 Å². The fourth-order valence-corrected chi connectivity index (χ4v) is 3.92. The maximum atomic E-state index is 11.9. The number of piperidine rings is 1. The second-order valence-corrected chi connectivity index (χ2v) is 7.61. The van der Waals surface area contributed by atoms with Crippen LogP contribution in [0.15, 0.2) is 6.33 Å². The van der Waals surface area contributed by atoms with Gasteiger partial charge in [-0.25, -0.2) is 8.42 Å². The lowest BCUT2D eigenvalue weighted by Gasteiger charge is -2.33. The molecule has 0 amide bonds. The normalized spacial score (nSPS) is 25.6. The van der Waals surface area contributed by atoms with Crippen molar-refractivity contribution in [2.24, 2.45) is 5.92 Å². The fraction of sp³-hybridized carbons (Fsp3) is 0.833. The maximum Gasteiger partial charge on any atom is 0.211 e. The quantitative estimate of drug-likeness (QED) is 0.832. The lowest BCUT2D eigenvalue weighted by Crippen LogP contribution is -2.39. The summed E-state index contributed by atoms with van der Waals surface area (Å²) < 4.78 is 27.4. The van der Waals surface area contributed by atoms with Crippen molar-refractivity contribution in [2.75, 3.05) is 12.8 Å². The topological polar surface area (TPSA) is 68.1 Å². The molecule has 1 aliphatic heterocycles. The molecule has 1 atom stereocenters. The monoisotopic (exact) mass is 284 g/mol. The van der Waals surface area contributed by atoms with E-state index in [1.807, 2.05) is 4.57 Å². The van der Waals surface area contributed by atoms with Crippen LogP contribution in [0.1, 0.15) is 44.0 Å². The molecule has 1 aromatic heterocycles. The molecule has 6 nitrogen and oxygen atoms in total. The van der Waals surface area contributed by atoms with Crippen LogP contribution in [0.2, 0.25) is 0 Å². The van der Waals surface area contributed by atoms with Crippen molar-refractivity contribution in [1.82, 2.24) is 19.1 Å². The third-order valence-corrected chi connectivity index (χ3v) is 5.26. The third-order valence-electron chi connectivity index (χ3n) is 3.98. The zero-order valence-corrected chi connectivity index (χ0v) is 12.0. The Morgan fingerprint density at radius 2 is 2.11 bits per heavy atom. The van der Waals surface area contributed by atoms with Crippen molar-refractivity contribution < 1.29 is 8.42 Å². The van der Waals surface area contributed by atoms with Crippen LogP contribution in [0.3, 0.4) is 0 Å². The van der Waals surface area contributed by atoms with E-state index in [9.17, 15) is 8.42 Å². The third kappa shape index (κ3) is 2.81. The van der Waals surface area contributed by atoms with Gasteiger partial charge in [0.2, 0.25) is 10.0 Å². The van der Waals surface area contributed by atoms with Gasteiger partial charge in [0.05, 0.1) is 12.3 Å². The highest BCUT2D eigenvalue weighted by molar-refractivity contribution is 7.88. The molecule has 0 radical (unpaired) electrons. The Kier molecular flexibility index (Phi) is 3.34. The molecule has 0 spiro atoms. The first-order chi connectivity index (χ1) is 9.05. The summed E-state index contributed by atoms with van der Waals surface area (Å²) in [6.07, 6.45) is 8.37. The first kappa shape index (κ1) is 13.1. The summed E-state index contributed by atoms with van der Waals surface area (Å²) in [5.41, 5.74) is 0. The number of aromatic nitrogens is 3. The van der Waals surface area contributed by atoms with Crippen molar-refractivity contribution in [3.63, 3.8) is 0 Å². The molecule has 1 aliphatic carbocycles. The maximum absolute atomic E-state index is 11.9. The average Bonchev–Trinajstić information content (AvgIpc) is 3.05. The SMILES string of the molecule is CS(=O)(=O)N1CCCCC1c1nncn1CC1CC1. The van der Waals surface area contributed by atoms with E-state index in [1.54, 1.807) is 10.6 Å². The first-order valence-corrected chi connectivity index (χ1v) is 8.75. The van der Waals surface area contributed by atoms with Crippen LogP contribution in [0, 0.1) is 5.92 Å². The molecular weight excluding hydrogens is 264 g/mol. The van der Waals surface area contributed by atoms with Gasteiger partial charge in [-0.3, -0.25) is 0 Å². The van der Waals surface area contributed by atoms with E-state index in [2.05, 4.69) is 10.2 Å². The molecule has 2 aliphatic rings. The number of hydrogen-bond donors (Lipinski definition) is 0. The van der Waals surface area contributed by atoms with Gasteiger partial charge in [0.15, 0.2) is 5.82 Å². The van der Waals surface area contributed by atoms with Crippen molar-refractivity contribution in [1.29, 1.82) is 0 Å². The summed E-state index contributed by atoms with van der Waals surface area (Å²) in [4.78, 5) is 0. The Morgan fingerprint density at radius 3 is 2.79 bits per heavy atom. The smallest absolute Gasteiger partial charge is 0.211 e. The zero-order valence-electron chi connectivity index (χ0n) is 11.2. The van der Waals surface area contributed by atoms with Gasteiger partial charge in [0.25, 0.3) is 0 Å². The molecule has 2 fully saturated rings. The van der Waals surface area contributed by atoms with E-state index in [0.29, 0.717) is 6.54 Å². The van der Waals surface area contributed by atoms with Crippen LogP contribution in [-0.2, 0) is 16.6 Å². The van der Waals surface area contributed by atoms with Crippen molar-refractivity contribution in [3.05, 3.63) is 12.2 Å². The molecule has 19 heavy (non-hydrogen) atoms. The Morgan fingerprint density at radius 1 is 1.32 bits per heavy atom. The van der Waals surface area contributed by atoms with Gasteiger partial charge in [-0.05, 0) is 31.6 Å². The van der Waals surface area contributed by atoms with E-state index in [0.717, 1.165) is 37.5 Å². The van der Waals surface area contributed by atoms with Gasteiger partial charge in [-0.1, -0.05) is 6.42 Å². The number of sulfonamides is 1. The van der Waals surface area contributed by atoms with Crippen LogP contribution in [-0.4, -0.2) is 40.3 Å². The Balaban J connectivity index is 1.87. The van der Waals surface area contributed by atoms with Gasteiger partial charge >= 0.3 is 0 Å². The molecule has 0 N–H and O–H groups in total. The minimum atomic E-state index is -3.18. The fourth-order valence-electron chi connectivity index (χ4n) is 2.80. The Labute approximate surface area is 113 Å². The van der Waals surface area contributed by atoms with Crippen LogP contribution >= 0.6 is 0 Å². The number of nitrogens with zero attached hydrogens (tertiary/aromatic N) is 4. The Bertz CT molecular complexity index is 550. The molecule has 0 aromatic carbocycles. The summed E-state index contributed by atoms with van der Waals surface area (Å²) in [5, 5.41) is 8.18. The second kappa shape index (κ2) is 4.86. The molecule has 1 saturated carbocycles.